The van der Waals surface area contributed by atoms with E-state index in [-0.39, 0.29) is 60.4 Å². The van der Waals surface area contributed by atoms with Crippen LogP contribution < -0.4 is 37.2 Å². The number of halogens is 4. The van der Waals surface area contributed by atoms with Crippen molar-refractivity contribution < 1.29 is 42.0 Å². The molecule has 0 aliphatic rings. The molecule has 0 radical (unpaired) electrons. The van der Waals surface area contributed by atoms with E-state index in [1.807, 2.05) is 18.2 Å². The Labute approximate surface area is 146 Å². The molecule has 98 valence electrons. The van der Waals surface area contributed by atoms with Gasteiger partial charge in [0.25, 0.3) is 0 Å². The first kappa shape index (κ1) is 23.8. The molecular weight excluding hydrogens is 343 g/mol. The van der Waals surface area contributed by atoms with Crippen LogP contribution in [0.25, 0.3) is 0 Å². The number of hydrogen-bond acceptors (Lipinski definition) is 2. The molecule has 0 aliphatic heterocycles. The van der Waals surface area contributed by atoms with Gasteiger partial charge in [0.15, 0.2) is 5.78 Å². The number of ketones is 1. The molecule has 0 saturated heterocycles. The third kappa shape index (κ3) is 6.63. The predicted molar refractivity (Wildman–Crippen MR) is 64.9 cm³/mol. The van der Waals surface area contributed by atoms with Gasteiger partial charge in [0, 0.05) is 17.3 Å². The Kier molecular flexibility index (Phi) is 14.5. The van der Waals surface area contributed by atoms with Crippen LogP contribution >= 0.6 is 11.6 Å². The van der Waals surface area contributed by atoms with Crippen LogP contribution in [0.2, 0.25) is 5.15 Å². The third-order valence-corrected chi connectivity index (χ3v) is 2.25. The summed E-state index contributed by atoms with van der Waals surface area (Å²) in [5.41, 5.74) is 1.20. The quantitative estimate of drug-likeness (QED) is 0.306. The van der Waals surface area contributed by atoms with Gasteiger partial charge >= 0.3 is 17.4 Å². The molecule has 19 heavy (non-hydrogen) atoms. The molecule has 0 spiro atoms. The summed E-state index contributed by atoms with van der Waals surface area (Å²) in [6.45, 7) is 0. The van der Waals surface area contributed by atoms with E-state index in [1.165, 1.54) is 6.20 Å². The molecule has 7 heteroatoms. The number of carbonyl (C=O) groups excluding carboxylic acids is 1. The fourth-order valence-electron chi connectivity index (χ4n) is 1.27. The van der Waals surface area contributed by atoms with Crippen molar-refractivity contribution in [3.8, 4) is 0 Å². The summed E-state index contributed by atoms with van der Waals surface area (Å²) < 4.78 is 0. The van der Waals surface area contributed by atoms with Gasteiger partial charge < -0.3 is 37.2 Å². The summed E-state index contributed by atoms with van der Waals surface area (Å²) in [4.78, 5) is 15.7. The van der Waals surface area contributed by atoms with Crippen LogP contribution in [-0.2, 0) is 0 Å². The minimum absolute atomic E-state index is 0. The van der Waals surface area contributed by atoms with Crippen LogP contribution in [0, 0.1) is 0 Å². The Morgan fingerprint density at radius 1 is 0.895 bits per heavy atom. The molecule has 2 aromatic rings. The first-order valence-corrected chi connectivity index (χ1v) is 4.86. The number of rotatable bonds is 2. The van der Waals surface area contributed by atoms with Crippen molar-refractivity contribution in [2.45, 2.75) is 0 Å². The van der Waals surface area contributed by atoms with E-state index in [0.29, 0.717) is 16.3 Å². The first-order valence-electron chi connectivity index (χ1n) is 4.48. The number of carbonyl (C=O) groups is 1. The summed E-state index contributed by atoms with van der Waals surface area (Å²) in [7, 11) is 0. The van der Waals surface area contributed by atoms with Gasteiger partial charge in [-0.05, 0) is 12.1 Å². The molecular formula is C12H8AlCl4NO. The second-order valence-electron chi connectivity index (χ2n) is 3.06. The largest absolute Gasteiger partial charge is 3.00 e. The monoisotopic (exact) mass is 349 g/mol. The topological polar surface area (TPSA) is 30.0 Å². The van der Waals surface area contributed by atoms with Crippen LogP contribution in [0.4, 0.5) is 0 Å². The van der Waals surface area contributed by atoms with Crippen LogP contribution in [0.3, 0.4) is 0 Å². The summed E-state index contributed by atoms with van der Waals surface area (Å²) in [6.07, 6.45) is 1.48. The molecule has 0 aliphatic carbocycles. The Hall–Kier alpha value is -0.268. The molecule has 1 heterocycles. The van der Waals surface area contributed by atoms with Gasteiger partial charge in [-0.2, -0.15) is 0 Å². The van der Waals surface area contributed by atoms with E-state index >= 15 is 0 Å². The molecule has 1 aromatic heterocycles. The van der Waals surface area contributed by atoms with Gasteiger partial charge in [-0.25, -0.2) is 4.98 Å². The van der Waals surface area contributed by atoms with Crippen molar-refractivity contribution in [3.63, 3.8) is 0 Å². The Morgan fingerprint density at radius 2 is 1.47 bits per heavy atom. The molecule has 0 saturated carbocycles. The van der Waals surface area contributed by atoms with Crippen molar-refractivity contribution in [3.05, 3.63) is 64.9 Å². The van der Waals surface area contributed by atoms with Gasteiger partial charge in [0.05, 0.1) is 0 Å². The van der Waals surface area contributed by atoms with Gasteiger partial charge in [-0.3, -0.25) is 4.79 Å². The minimum Gasteiger partial charge on any atom is -1.00 e. The fourth-order valence-corrected chi connectivity index (χ4v) is 1.38. The molecule has 2 nitrogen and oxygen atoms in total. The Bertz CT molecular complexity index is 479. The molecule has 0 bridgehead atoms. The average molecular weight is 351 g/mol. The molecule has 1 aromatic carbocycles. The minimum atomic E-state index is -0.0419. The third-order valence-electron chi connectivity index (χ3n) is 2.03. The number of benzene rings is 1. The molecule has 0 fully saturated rings. The maximum absolute atomic E-state index is 11.9. The Balaban J connectivity index is -0.000000640. The molecule has 0 unspecified atom stereocenters. The van der Waals surface area contributed by atoms with Gasteiger partial charge in [0.1, 0.15) is 5.15 Å². The number of pyridine rings is 1. The van der Waals surface area contributed by atoms with Gasteiger partial charge in [-0.15, -0.1) is 0 Å². The maximum Gasteiger partial charge on any atom is 3.00 e. The standard InChI is InChI=1S/C12H8ClNO.Al.3ClH/c13-11-7-6-10(8-14-11)12(15)9-4-2-1-3-5-9;;;;/h1-8H;;3*1H/q;+3;;;/p-3. The van der Waals surface area contributed by atoms with Crippen molar-refractivity contribution >= 4 is 34.7 Å². The zero-order valence-electron chi connectivity index (χ0n) is 9.56. The second-order valence-corrected chi connectivity index (χ2v) is 3.45. The van der Waals surface area contributed by atoms with Crippen molar-refractivity contribution in [1.82, 2.24) is 4.98 Å². The number of nitrogens with zero attached hydrogens (tertiary/aromatic N) is 1. The Morgan fingerprint density at radius 3 is 1.95 bits per heavy atom. The van der Waals surface area contributed by atoms with E-state index in [1.54, 1.807) is 24.3 Å². The zero-order valence-corrected chi connectivity index (χ0v) is 13.7. The fraction of sp³-hybridized carbons (Fsp3) is 0. The predicted octanol–water partition coefficient (Wildman–Crippen LogP) is -6.40. The van der Waals surface area contributed by atoms with Crippen molar-refractivity contribution in [2.75, 3.05) is 0 Å². The van der Waals surface area contributed by atoms with Crippen LogP contribution in [0.1, 0.15) is 15.9 Å². The summed E-state index contributed by atoms with van der Waals surface area (Å²) in [5.74, 6) is -0.0419. The van der Waals surface area contributed by atoms with Crippen LogP contribution in [0.15, 0.2) is 48.7 Å². The zero-order chi connectivity index (χ0) is 10.7. The molecule has 0 atom stereocenters. The van der Waals surface area contributed by atoms with Gasteiger partial charge in [0.2, 0.25) is 0 Å². The van der Waals surface area contributed by atoms with Crippen molar-refractivity contribution in [2.24, 2.45) is 0 Å². The molecule has 2 rings (SSSR count). The van der Waals surface area contributed by atoms with Crippen LogP contribution in [-0.4, -0.2) is 28.1 Å². The second kappa shape index (κ2) is 11.6. The summed E-state index contributed by atoms with van der Waals surface area (Å²) in [5, 5.41) is 0.389. The summed E-state index contributed by atoms with van der Waals surface area (Å²) >= 11 is 5.64. The van der Waals surface area contributed by atoms with E-state index in [0.717, 1.165) is 0 Å². The SMILES string of the molecule is O=C(c1ccccc1)c1ccc(Cl)nc1.[Al+3].[Cl-].[Cl-].[Cl-]. The van der Waals surface area contributed by atoms with E-state index < -0.39 is 0 Å². The first-order chi connectivity index (χ1) is 7.27. The number of hydrogen-bond donors (Lipinski definition) is 0. The molecule has 0 N–H and O–H groups in total. The van der Waals surface area contributed by atoms with E-state index in [4.69, 9.17) is 11.6 Å². The molecule has 0 amide bonds. The van der Waals surface area contributed by atoms with E-state index in [9.17, 15) is 4.79 Å². The van der Waals surface area contributed by atoms with Gasteiger partial charge in [-0.1, -0.05) is 41.9 Å². The van der Waals surface area contributed by atoms with Crippen LogP contribution in [0.5, 0.6) is 0 Å². The normalized spacial score (nSPS) is 7.84. The van der Waals surface area contributed by atoms with E-state index in [2.05, 4.69) is 4.98 Å². The van der Waals surface area contributed by atoms with Crippen molar-refractivity contribution in [1.29, 1.82) is 0 Å². The average Bonchev–Trinajstić information content (AvgIpc) is 2.30. The summed E-state index contributed by atoms with van der Waals surface area (Å²) in [6, 6.07) is 12.4. The smallest absolute Gasteiger partial charge is 1.00 e. The number of aromatic nitrogens is 1. The maximum atomic E-state index is 11.9.